The average Bonchev–Trinajstić information content (AvgIpc) is 3.29. The minimum absolute atomic E-state index is 0.115. The van der Waals surface area contributed by atoms with E-state index in [1.54, 1.807) is 18.3 Å². The average molecular weight is 419 g/mol. The first kappa shape index (κ1) is 20.8. The molecule has 4 rings (SSSR count). The minimum atomic E-state index is -0.115. The van der Waals surface area contributed by atoms with Crippen LogP contribution in [-0.2, 0) is 12.0 Å². The van der Waals surface area contributed by atoms with E-state index in [0.717, 1.165) is 22.7 Å². The molecule has 160 valence electrons. The number of nitrogens with zero attached hydrogens (tertiary/aromatic N) is 4. The number of aryl methyl sites for hydroxylation is 2. The molecule has 31 heavy (non-hydrogen) atoms. The van der Waals surface area contributed by atoms with Gasteiger partial charge in [0.25, 0.3) is 5.91 Å². The number of nitrogens with one attached hydrogen (secondary N) is 1. The molecule has 0 spiro atoms. The zero-order valence-electron chi connectivity index (χ0n) is 18.6. The van der Waals surface area contributed by atoms with Crippen LogP contribution in [0.3, 0.4) is 0 Å². The van der Waals surface area contributed by atoms with Crippen molar-refractivity contribution in [3.05, 3.63) is 71.6 Å². The summed E-state index contributed by atoms with van der Waals surface area (Å²) in [7, 11) is 0. The quantitative estimate of drug-likeness (QED) is 0.502. The maximum atomic E-state index is 12.6. The second-order valence-corrected chi connectivity index (χ2v) is 8.82. The predicted octanol–water partition coefficient (Wildman–Crippen LogP) is 3.62. The van der Waals surface area contributed by atoms with Crippen LogP contribution in [-0.4, -0.2) is 27.0 Å². The topological polar surface area (TPSA) is 76.3 Å². The fraction of sp³-hybridized carbons (Fsp3) is 0.333. The van der Waals surface area contributed by atoms with Gasteiger partial charge in [-0.1, -0.05) is 25.9 Å². The first-order valence-electron chi connectivity index (χ1n) is 10.4. The Morgan fingerprint density at radius 3 is 2.58 bits per heavy atom. The number of rotatable bonds is 5. The summed E-state index contributed by atoms with van der Waals surface area (Å²) >= 11 is 0. The van der Waals surface area contributed by atoms with E-state index in [9.17, 15) is 4.79 Å². The minimum Gasteiger partial charge on any atom is -0.361 e. The van der Waals surface area contributed by atoms with Gasteiger partial charge in [-0.25, -0.2) is 9.55 Å². The summed E-state index contributed by atoms with van der Waals surface area (Å²) in [6, 6.07) is 7.86. The lowest BCUT2D eigenvalue weighted by atomic mass is 9.88. The summed E-state index contributed by atoms with van der Waals surface area (Å²) < 4.78 is 9.29. The molecule has 0 aliphatic rings. The summed E-state index contributed by atoms with van der Waals surface area (Å²) in [5.41, 5.74) is 5.34. The van der Waals surface area contributed by atoms with Gasteiger partial charge < -0.3 is 9.84 Å². The third kappa shape index (κ3) is 4.21. The molecule has 4 aromatic rings. The first-order chi connectivity index (χ1) is 14.7. The van der Waals surface area contributed by atoms with Crippen LogP contribution in [0.25, 0.3) is 16.9 Å². The van der Waals surface area contributed by atoms with Crippen molar-refractivity contribution in [3.8, 4) is 11.3 Å². The van der Waals surface area contributed by atoms with E-state index < -0.39 is 0 Å². The van der Waals surface area contributed by atoms with Gasteiger partial charge in [0.05, 0.1) is 29.7 Å². The molecule has 0 saturated heterocycles. The van der Waals surface area contributed by atoms with Gasteiger partial charge in [-0.15, -0.1) is 0 Å². The molecule has 4 aromatic heterocycles. The van der Waals surface area contributed by atoms with Crippen molar-refractivity contribution in [2.24, 2.45) is 0 Å². The lowest BCUT2D eigenvalue weighted by Crippen LogP contribution is -2.40. The van der Waals surface area contributed by atoms with Crippen molar-refractivity contribution >= 4 is 11.6 Å². The van der Waals surface area contributed by atoms with Crippen molar-refractivity contribution in [2.75, 3.05) is 6.54 Å². The molecule has 7 nitrogen and oxygen atoms in total. The third-order valence-electron chi connectivity index (χ3n) is 5.48. The molecule has 0 aromatic carbocycles. The lowest BCUT2D eigenvalue weighted by molar-refractivity contribution is -0.695. The molecule has 0 fully saturated rings. The number of carbonyl (C=O) groups excluding carboxylic acids is 1. The van der Waals surface area contributed by atoms with Gasteiger partial charge in [0.15, 0.2) is 18.9 Å². The number of pyridine rings is 2. The van der Waals surface area contributed by atoms with Crippen molar-refractivity contribution in [3.63, 3.8) is 0 Å². The Hall–Kier alpha value is -3.48. The molecular formula is C24H28N5O2+. The van der Waals surface area contributed by atoms with Crippen LogP contribution in [0.2, 0.25) is 0 Å². The van der Waals surface area contributed by atoms with Crippen LogP contribution in [0.4, 0.5) is 0 Å². The van der Waals surface area contributed by atoms with E-state index in [1.165, 1.54) is 5.56 Å². The number of imidazole rings is 1. The van der Waals surface area contributed by atoms with Crippen LogP contribution >= 0.6 is 0 Å². The smallest absolute Gasteiger partial charge is 0.251 e. The molecule has 0 atom stereocenters. The summed E-state index contributed by atoms with van der Waals surface area (Å²) in [6.45, 7) is 11.6. The molecule has 4 heterocycles. The fourth-order valence-electron chi connectivity index (χ4n) is 3.66. The van der Waals surface area contributed by atoms with E-state index in [1.807, 2.05) is 24.4 Å². The van der Waals surface area contributed by atoms with Crippen molar-refractivity contribution in [2.45, 2.75) is 46.6 Å². The number of hydrogen-bond acceptors (Lipinski definition) is 4. The number of fused-ring (bicyclic) bond motifs is 1. The fourth-order valence-corrected chi connectivity index (χ4v) is 3.66. The molecule has 1 amide bonds. The molecule has 7 heteroatoms. The van der Waals surface area contributed by atoms with Gasteiger partial charge in [-0.3, -0.25) is 9.20 Å². The van der Waals surface area contributed by atoms with Crippen LogP contribution < -0.4 is 9.88 Å². The normalized spacial score (nSPS) is 11.8. The predicted molar refractivity (Wildman–Crippen MR) is 118 cm³/mol. The van der Waals surface area contributed by atoms with E-state index in [-0.39, 0.29) is 11.3 Å². The van der Waals surface area contributed by atoms with Gasteiger partial charge in [0, 0.05) is 23.9 Å². The highest BCUT2D eigenvalue weighted by molar-refractivity contribution is 5.95. The summed E-state index contributed by atoms with van der Waals surface area (Å²) in [4.78, 5) is 17.1. The molecule has 0 aliphatic carbocycles. The van der Waals surface area contributed by atoms with Crippen LogP contribution in [0.5, 0.6) is 0 Å². The summed E-state index contributed by atoms with van der Waals surface area (Å²) in [5, 5.41) is 7.01. The molecule has 0 radical (unpaired) electrons. The van der Waals surface area contributed by atoms with E-state index in [0.29, 0.717) is 24.3 Å². The lowest BCUT2D eigenvalue weighted by Gasteiger charge is -2.17. The number of hydrogen-bond donors (Lipinski definition) is 1. The van der Waals surface area contributed by atoms with Crippen LogP contribution in [0.1, 0.15) is 48.1 Å². The monoisotopic (exact) mass is 418 g/mol. The van der Waals surface area contributed by atoms with Gasteiger partial charge in [0.2, 0.25) is 0 Å². The van der Waals surface area contributed by atoms with Gasteiger partial charge >= 0.3 is 0 Å². The Balaban J connectivity index is 1.43. The van der Waals surface area contributed by atoms with E-state index in [2.05, 4.69) is 65.3 Å². The number of aromatic nitrogens is 4. The molecule has 0 unspecified atom stereocenters. The van der Waals surface area contributed by atoms with Crippen molar-refractivity contribution < 1.29 is 13.9 Å². The van der Waals surface area contributed by atoms with Crippen molar-refractivity contribution in [1.29, 1.82) is 0 Å². The highest BCUT2D eigenvalue weighted by Crippen LogP contribution is 2.27. The van der Waals surface area contributed by atoms with E-state index in [4.69, 9.17) is 4.52 Å². The largest absolute Gasteiger partial charge is 0.361 e. The Bertz CT molecular complexity index is 1210. The highest BCUT2D eigenvalue weighted by Gasteiger charge is 2.17. The SMILES string of the molecule is Cc1noc(C)c1-c1cnc2cc(C(=O)NCC[n+]3ccc(C(C)(C)C)cc3)ccn12. The van der Waals surface area contributed by atoms with Gasteiger partial charge in [0.1, 0.15) is 11.4 Å². The molecular weight excluding hydrogens is 390 g/mol. The van der Waals surface area contributed by atoms with Crippen LogP contribution in [0, 0.1) is 13.8 Å². The van der Waals surface area contributed by atoms with Crippen molar-refractivity contribution in [1.82, 2.24) is 19.9 Å². The Morgan fingerprint density at radius 2 is 1.94 bits per heavy atom. The second-order valence-electron chi connectivity index (χ2n) is 8.82. The zero-order valence-corrected chi connectivity index (χ0v) is 18.6. The molecule has 0 saturated carbocycles. The number of amides is 1. The zero-order chi connectivity index (χ0) is 22.2. The van der Waals surface area contributed by atoms with Gasteiger partial charge in [-0.2, -0.15) is 0 Å². The molecule has 0 bridgehead atoms. The standard InChI is InChI=1S/C24H27N5O2/c1-16-22(17(2)31-27-16)20-15-26-21-14-18(6-12-29(20)21)23(30)25-9-13-28-10-7-19(8-11-28)24(3,4)5/h6-8,10-12,14-15H,9,13H2,1-5H3/p+1. The maximum absolute atomic E-state index is 12.6. The summed E-state index contributed by atoms with van der Waals surface area (Å²) in [5.74, 6) is 0.630. The Labute approximate surface area is 181 Å². The Morgan fingerprint density at radius 1 is 1.19 bits per heavy atom. The Kier molecular flexibility index (Phi) is 5.35. The molecule has 1 N–H and O–H groups in total. The van der Waals surface area contributed by atoms with E-state index >= 15 is 0 Å². The van der Waals surface area contributed by atoms with Crippen LogP contribution in [0.15, 0.2) is 53.6 Å². The first-order valence-corrected chi connectivity index (χ1v) is 10.4. The van der Waals surface area contributed by atoms with Gasteiger partial charge in [-0.05, 0) is 37.0 Å². The second kappa shape index (κ2) is 7.98. The number of carbonyl (C=O) groups is 1. The highest BCUT2D eigenvalue weighted by atomic mass is 16.5. The summed E-state index contributed by atoms with van der Waals surface area (Å²) in [6.07, 6.45) is 7.75. The maximum Gasteiger partial charge on any atom is 0.251 e. The third-order valence-corrected chi connectivity index (χ3v) is 5.48. The molecule has 0 aliphatic heterocycles.